The van der Waals surface area contributed by atoms with E-state index in [4.69, 9.17) is 0 Å². The molecule has 2 heterocycles. The number of aldehydes is 1. The van der Waals surface area contributed by atoms with Crippen molar-refractivity contribution in [1.29, 1.82) is 0 Å². The number of likely N-dealkylation sites (tertiary alicyclic amines) is 2. The van der Waals surface area contributed by atoms with Crippen LogP contribution in [0.3, 0.4) is 0 Å². The molecule has 2 aliphatic carbocycles. The van der Waals surface area contributed by atoms with Gasteiger partial charge in [0.15, 0.2) is 0 Å². The van der Waals surface area contributed by atoms with Crippen molar-refractivity contribution < 1.29 is 9.59 Å². The Labute approximate surface area is 159 Å². The standard InChI is InChI=1S/C20H31BrN2O2/c21-17-5-6-19-18(9-17)16(13-24)11-23(19)12-20(25)22-8-7-14-3-1-2-4-15(14)10-22/h13-19H,1-12H2. The van der Waals surface area contributed by atoms with Gasteiger partial charge in [0.1, 0.15) is 6.29 Å². The lowest BCUT2D eigenvalue weighted by Gasteiger charge is -2.42. The third kappa shape index (κ3) is 3.69. The summed E-state index contributed by atoms with van der Waals surface area (Å²) in [5.74, 6) is 2.46. The van der Waals surface area contributed by atoms with E-state index in [1.807, 2.05) is 0 Å². The van der Waals surface area contributed by atoms with Gasteiger partial charge >= 0.3 is 0 Å². The Bertz CT molecular complexity index is 514. The van der Waals surface area contributed by atoms with E-state index in [2.05, 4.69) is 25.7 Å². The van der Waals surface area contributed by atoms with Crippen molar-refractivity contribution >= 4 is 28.1 Å². The van der Waals surface area contributed by atoms with Crippen molar-refractivity contribution in [3.8, 4) is 0 Å². The first-order valence-corrected chi connectivity index (χ1v) is 11.2. The monoisotopic (exact) mass is 410 g/mol. The van der Waals surface area contributed by atoms with Gasteiger partial charge in [0, 0.05) is 36.4 Å². The second-order valence-electron chi connectivity index (χ2n) is 8.80. The minimum absolute atomic E-state index is 0.113. The topological polar surface area (TPSA) is 40.6 Å². The van der Waals surface area contributed by atoms with Gasteiger partial charge in [0.05, 0.1) is 6.54 Å². The molecule has 1 amide bonds. The van der Waals surface area contributed by atoms with E-state index < -0.39 is 0 Å². The van der Waals surface area contributed by atoms with Crippen LogP contribution in [0.2, 0.25) is 0 Å². The van der Waals surface area contributed by atoms with Gasteiger partial charge in [-0.15, -0.1) is 0 Å². The molecular formula is C20H31BrN2O2. The summed E-state index contributed by atoms with van der Waals surface area (Å²) in [6, 6.07) is 0.431. The lowest BCUT2D eigenvalue weighted by atomic mass is 9.75. The number of hydrogen-bond acceptors (Lipinski definition) is 3. The van der Waals surface area contributed by atoms with Gasteiger partial charge in [-0.3, -0.25) is 9.69 Å². The third-order valence-corrected chi connectivity index (χ3v) is 8.25. The zero-order chi connectivity index (χ0) is 17.4. The maximum Gasteiger partial charge on any atom is 0.236 e. The van der Waals surface area contributed by atoms with Crippen molar-refractivity contribution in [2.24, 2.45) is 23.7 Å². The van der Waals surface area contributed by atoms with Crippen LogP contribution in [-0.4, -0.2) is 59.0 Å². The summed E-state index contributed by atoms with van der Waals surface area (Å²) in [7, 11) is 0. The van der Waals surface area contributed by atoms with Crippen molar-refractivity contribution in [3.05, 3.63) is 0 Å². The summed E-state index contributed by atoms with van der Waals surface area (Å²) in [4.78, 5) is 29.5. The molecule has 0 N–H and O–H groups in total. The number of hydrogen-bond donors (Lipinski definition) is 0. The minimum Gasteiger partial charge on any atom is -0.341 e. The molecule has 25 heavy (non-hydrogen) atoms. The van der Waals surface area contributed by atoms with E-state index in [1.54, 1.807) is 0 Å². The van der Waals surface area contributed by atoms with Crippen LogP contribution in [0.25, 0.3) is 0 Å². The van der Waals surface area contributed by atoms with Crippen LogP contribution in [-0.2, 0) is 9.59 Å². The molecule has 140 valence electrons. The average molecular weight is 411 g/mol. The van der Waals surface area contributed by atoms with Crippen molar-refractivity contribution in [2.75, 3.05) is 26.2 Å². The summed E-state index contributed by atoms with van der Waals surface area (Å²) in [6.45, 7) is 3.23. The van der Waals surface area contributed by atoms with E-state index in [9.17, 15) is 9.59 Å². The molecule has 4 fully saturated rings. The van der Waals surface area contributed by atoms with Crippen LogP contribution in [0, 0.1) is 23.7 Å². The number of halogens is 1. The van der Waals surface area contributed by atoms with Gasteiger partial charge in [0.2, 0.25) is 5.91 Å². The highest BCUT2D eigenvalue weighted by molar-refractivity contribution is 9.09. The largest absolute Gasteiger partial charge is 0.341 e. The molecule has 6 atom stereocenters. The van der Waals surface area contributed by atoms with E-state index >= 15 is 0 Å². The summed E-state index contributed by atoms with van der Waals surface area (Å²) < 4.78 is 0. The van der Waals surface area contributed by atoms with E-state index in [0.717, 1.165) is 57.0 Å². The van der Waals surface area contributed by atoms with Crippen molar-refractivity contribution in [2.45, 2.75) is 62.2 Å². The Kier molecular flexibility index (Phi) is 5.52. The summed E-state index contributed by atoms with van der Waals surface area (Å²) in [5.41, 5.74) is 0. The van der Waals surface area contributed by atoms with Crippen molar-refractivity contribution in [1.82, 2.24) is 9.80 Å². The number of piperidine rings is 1. The molecule has 0 aromatic carbocycles. The lowest BCUT2D eigenvalue weighted by Crippen LogP contribution is -2.49. The normalized spacial score (nSPS) is 41.9. The minimum atomic E-state index is 0.113. The number of fused-ring (bicyclic) bond motifs is 2. The highest BCUT2D eigenvalue weighted by Crippen LogP contribution is 2.41. The predicted octanol–water partition coefficient (Wildman–Crippen LogP) is 3.09. The highest BCUT2D eigenvalue weighted by atomic mass is 79.9. The third-order valence-electron chi connectivity index (χ3n) is 7.42. The fourth-order valence-corrected chi connectivity index (χ4v) is 6.71. The van der Waals surface area contributed by atoms with E-state index in [-0.39, 0.29) is 5.92 Å². The van der Waals surface area contributed by atoms with Crippen LogP contribution in [0.4, 0.5) is 0 Å². The van der Waals surface area contributed by atoms with Crippen LogP contribution >= 0.6 is 15.9 Å². The molecule has 0 aromatic heterocycles. The molecule has 6 unspecified atom stereocenters. The Morgan fingerprint density at radius 3 is 2.64 bits per heavy atom. The number of carbonyl (C=O) groups is 2. The van der Waals surface area contributed by atoms with Gasteiger partial charge in [-0.25, -0.2) is 0 Å². The van der Waals surface area contributed by atoms with Crippen molar-refractivity contribution in [3.63, 3.8) is 0 Å². The second-order valence-corrected chi connectivity index (χ2v) is 10.1. The van der Waals surface area contributed by atoms with Crippen LogP contribution in [0.5, 0.6) is 0 Å². The Balaban J connectivity index is 1.36. The molecular weight excluding hydrogens is 380 g/mol. The smallest absolute Gasteiger partial charge is 0.236 e. The number of amides is 1. The number of alkyl halides is 1. The molecule has 4 rings (SSSR count). The number of carbonyl (C=O) groups excluding carboxylic acids is 2. The molecule has 2 saturated carbocycles. The molecule has 5 heteroatoms. The van der Waals surface area contributed by atoms with Crippen LogP contribution in [0.1, 0.15) is 51.4 Å². The molecule has 0 radical (unpaired) electrons. The molecule has 0 bridgehead atoms. The molecule has 0 aromatic rings. The Morgan fingerprint density at radius 2 is 1.84 bits per heavy atom. The first kappa shape index (κ1) is 18.0. The molecule has 2 saturated heterocycles. The number of nitrogens with zero attached hydrogens (tertiary/aromatic N) is 2. The summed E-state index contributed by atoms with van der Waals surface area (Å²) in [6.07, 6.45) is 11.1. The maximum atomic E-state index is 12.9. The van der Waals surface area contributed by atoms with Crippen LogP contribution < -0.4 is 0 Å². The molecule has 4 aliphatic rings. The summed E-state index contributed by atoms with van der Waals surface area (Å²) >= 11 is 3.74. The predicted molar refractivity (Wildman–Crippen MR) is 102 cm³/mol. The first-order chi connectivity index (χ1) is 12.2. The molecule has 4 nitrogen and oxygen atoms in total. The number of rotatable bonds is 3. The fraction of sp³-hybridized carbons (Fsp3) is 0.900. The zero-order valence-electron chi connectivity index (χ0n) is 15.1. The van der Waals surface area contributed by atoms with E-state index in [1.165, 1.54) is 32.1 Å². The zero-order valence-corrected chi connectivity index (χ0v) is 16.7. The summed E-state index contributed by atoms with van der Waals surface area (Å²) in [5, 5.41) is 0. The van der Waals surface area contributed by atoms with Gasteiger partial charge in [-0.1, -0.05) is 35.2 Å². The Morgan fingerprint density at radius 1 is 1.04 bits per heavy atom. The molecule has 2 aliphatic heterocycles. The Hall–Kier alpha value is -0.420. The van der Waals surface area contributed by atoms with Gasteiger partial charge in [0.25, 0.3) is 0 Å². The van der Waals surface area contributed by atoms with Gasteiger partial charge in [-0.05, 0) is 49.9 Å². The first-order valence-electron chi connectivity index (χ1n) is 10.3. The quantitative estimate of drug-likeness (QED) is 0.530. The lowest BCUT2D eigenvalue weighted by molar-refractivity contribution is -0.136. The van der Waals surface area contributed by atoms with Gasteiger partial charge < -0.3 is 9.69 Å². The average Bonchev–Trinajstić information content (AvgIpc) is 2.98. The maximum absolute atomic E-state index is 12.9. The van der Waals surface area contributed by atoms with E-state index in [0.29, 0.717) is 29.2 Å². The highest BCUT2D eigenvalue weighted by Gasteiger charge is 2.45. The fourth-order valence-electron chi connectivity index (χ4n) is 6.02. The second kappa shape index (κ2) is 7.67. The van der Waals surface area contributed by atoms with Crippen LogP contribution in [0.15, 0.2) is 0 Å². The SMILES string of the molecule is O=CC1CN(CC(=O)N2CCC3CCCCC3C2)C2CCC(Br)CC12. The molecule has 0 spiro atoms. The van der Waals surface area contributed by atoms with Gasteiger partial charge in [-0.2, -0.15) is 0 Å².